The first kappa shape index (κ1) is 13.3. The molecule has 0 unspecified atom stereocenters. The fraction of sp³-hybridized carbons (Fsp3) is 0.222. The van der Waals surface area contributed by atoms with Crippen molar-refractivity contribution in [2.75, 3.05) is 0 Å². The average molecular weight is 256 g/mol. The highest BCUT2D eigenvalue weighted by Gasteiger charge is 2.37. The Hall–Kier alpha value is -1.73. The zero-order valence-corrected chi connectivity index (χ0v) is 8.08. The Balaban J connectivity index is 3.43. The van der Waals surface area contributed by atoms with Crippen LogP contribution in [0.25, 0.3) is 0 Å². The Kier molecular flexibility index (Phi) is 3.09. The van der Waals surface area contributed by atoms with Crippen molar-refractivity contribution in [3.63, 3.8) is 0 Å². The number of benzene rings is 1. The molecule has 1 aromatic carbocycles. The average Bonchev–Trinajstić information content (AvgIpc) is 2.14. The molecular formula is C9H6F6N2. The van der Waals surface area contributed by atoms with Crippen molar-refractivity contribution in [3.05, 3.63) is 34.9 Å². The number of nitrogens with one attached hydrogen (secondary N) is 1. The normalized spacial score (nSPS) is 12.6. The van der Waals surface area contributed by atoms with Gasteiger partial charge in [0, 0.05) is 5.56 Å². The number of rotatable bonds is 1. The van der Waals surface area contributed by atoms with Crippen LogP contribution in [-0.2, 0) is 12.4 Å². The third-order valence-corrected chi connectivity index (χ3v) is 1.94. The molecule has 0 spiro atoms. The fourth-order valence-electron chi connectivity index (χ4n) is 1.19. The van der Waals surface area contributed by atoms with Gasteiger partial charge in [0.25, 0.3) is 0 Å². The standard InChI is InChI=1S/C9H6F6N2/c10-8(11,12)4-1-2-6(9(13,14)15)5(3-4)7(16)17/h1-3H,(H3,16,17). The van der Waals surface area contributed by atoms with Crippen molar-refractivity contribution >= 4 is 5.84 Å². The molecule has 0 atom stereocenters. The van der Waals surface area contributed by atoms with Gasteiger partial charge in [-0.25, -0.2) is 0 Å². The second-order valence-corrected chi connectivity index (χ2v) is 3.17. The molecule has 0 radical (unpaired) electrons. The van der Waals surface area contributed by atoms with E-state index in [9.17, 15) is 26.3 Å². The Morgan fingerprint density at radius 1 is 1.00 bits per heavy atom. The molecule has 8 heteroatoms. The summed E-state index contributed by atoms with van der Waals surface area (Å²) in [6.45, 7) is 0. The van der Waals surface area contributed by atoms with Gasteiger partial charge in [0.2, 0.25) is 0 Å². The van der Waals surface area contributed by atoms with Crippen LogP contribution in [0, 0.1) is 5.41 Å². The first-order valence-electron chi connectivity index (χ1n) is 4.16. The van der Waals surface area contributed by atoms with E-state index in [1.54, 1.807) is 0 Å². The molecule has 1 aromatic rings. The molecule has 0 aliphatic heterocycles. The van der Waals surface area contributed by atoms with Gasteiger partial charge < -0.3 is 5.73 Å². The molecule has 0 aliphatic rings. The van der Waals surface area contributed by atoms with Crippen LogP contribution in [0.1, 0.15) is 16.7 Å². The molecule has 3 N–H and O–H groups in total. The molecule has 0 aliphatic carbocycles. The van der Waals surface area contributed by atoms with Crippen molar-refractivity contribution < 1.29 is 26.3 Å². The predicted molar refractivity (Wildman–Crippen MR) is 47.5 cm³/mol. The van der Waals surface area contributed by atoms with Gasteiger partial charge in [0.1, 0.15) is 5.84 Å². The predicted octanol–water partition coefficient (Wildman–Crippen LogP) is 3.01. The number of alkyl halides is 6. The summed E-state index contributed by atoms with van der Waals surface area (Å²) >= 11 is 0. The van der Waals surface area contributed by atoms with Crippen LogP contribution >= 0.6 is 0 Å². The van der Waals surface area contributed by atoms with Crippen LogP contribution in [0.15, 0.2) is 18.2 Å². The molecule has 0 saturated heterocycles. The smallest absolute Gasteiger partial charge is 0.384 e. The molecule has 2 nitrogen and oxygen atoms in total. The van der Waals surface area contributed by atoms with Gasteiger partial charge in [-0.1, -0.05) is 0 Å². The van der Waals surface area contributed by atoms with E-state index in [4.69, 9.17) is 11.1 Å². The van der Waals surface area contributed by atoms with E-state index in [1.807, 2.05) is 0 Å². The zero-order chi connectivity index (χ0) is 13.4. The van der Waals surface area contributed by atoms with Crippen LogP contribution in [0.5, 0.6) is 0 Å². The quantitative estimate of drug-likeness (QED) is 0.453. The summed E-state index contributed by atoms with van der Waals surface area (Å²) in [5.74, 6) is -1.07. The number of halogens is 6. The number of hydrogen-bond donors (Lipinski definition) is 2. The molecule has 0 heterocycles. The lowest BCUT2D eigenvalue weighted by Gasteiger charge is -2.14. The lowest BCUT2D eigenvalue weighted by Crippen LogP contribution is -2.20. The second-order valence-electron chi connectivity index (χ2n) is 3.17. The molecule has 94 valence electrons. The Labute approximate surface area is 91.5 Å². The third kappa shape index (κ3) is 2.89. The SMILES string of the molecule is N=C(N)c1cc(C(F)(F)F)ccc1C(F)(F)F. The minimum Gasteiger partial charge on any atom is -0.384 e. The Morgan fingerprint density at radius 2 is 1.53 bits per heavy atom. The molecule has 1 rings (SSSR count). The topological polar surface area (TPSA) is 49.9 Å². The monoisotopic (exact) mass is 256 g/mol. The summed E-state index contributed by atoms with van der Waals surface area (Å²) in [6.07, 6.45) is -9.64. The molecule has 0 aromatic heterocycles. The summed E-state index contributed by atoms with van der Waals surface area (Å²) in [6, 6.07) is 0.778. The van der Waals surface area contributed by atoms with Crippen molar-refractivity contribution in [3.8, 4) is 0 Å². The Morgan fingerprint density at radius 3 is 1.88 bits per heavy atom. The maximum Gasteiger partial charge on any atom is 0.417 e. The molecule has 0 fully saturated rings. The minimum absolute atomic E-state index is 0.213. The molecular weight excluding hydrogens is 250 g/mol. The highest BCUT2D eigenvalue weighted by molar-refractivity contribution is 5.96. The number of nitrogens with two attached hydrogens (primary N) is 1. The van der Waals surface area contributed by atoms with Gasteiger partial charge in [-0.05, 0) is 18.2 Å². The van der Waals surface area contributed by atoms with E-state index in [1.165, 1.54) is 0 Å². The first-order valence-corrected chi connectivity index (χ1v) is 4.16. The van der Waals surface area contributed by atoms with Crippen LogP contribution in [-0.4, -0.2) is 5.84 Å². The van der Waals surface area contributed by atoms with Crippen molar-refractivity contribution in [1.29, 1.82) is 5.41 Å². The first-order chi connectivity index (χ1) is 7.53. The van der Waals surface area contributed by atoms with E-state index in [2.05, 4.69) is 0 Å². The van der Waals surface area contributed by atoms with Gasteiger partial charge in [-0.3, -0.25) is 5.41 Å². The number of amidine groups is 1. The summed E-state index contributed by atoms with van der Waals surface area (Å²) in [5, 5.41) is 6.87. The lowest BCUT2D eigenvalue weighted by atomic mass is 10.0. The highest BCUT2D eigenvalue weighted by Crippen LogP contribution is 2.36. The largest absolute Gasteiger partial charge is 0.417 e. The zero-order valence-electron chi connectivity index (χ0n) is 8.08. The Bertz CT molecular complexity index is 446. The lowest BCUT2D eigenvalue weighted by molar-refractivity contribution is -0.141. The van der Waals surface area contributed by atoms with Crippen LogP contribution in [0.4, 0.5) is 26.3 Å². The van der Waals surface area contributed by atoms with Gasteiger partial charge in [0.15, 0.2) is 0 Å². The summed E-state index contributed by atoms with van der Waals surface area (Å²) in [7, 11) is 0. The minimum atomic E-state index is -4.86. The third-order valence-electron chi connectivity index (χ3n) is 1.94. The van der Waals surface area contributed by atoms with Gasteiger partial charge in [-0.2, -0.15) is 26.3 Å². The van der Waals surface area contributed by atoms with E-state index >= 15 is 0 Å². The van der Waals surface area contributed by atoms with E-state index in [-0.39, 0.29) is 12.1 Å². The number of nitrogen functional groups attached to an aromatic ring is 1. The van der Waals surface area contributed by atoms with E-state index in [0.717, 1.165) is 0 Å². The fourth-order valence-corrected chi connectivity index (χ4v) is 1.19. The molecule has 0 amide bonds. The summed E-state index contributed by atoms with van der Waals surface area (Å²) in [4.78, 5) is 0. The van der Waals surface area contributed by atoms with Crippen LogP contribution in [0.3, 0.4) is 0 Å². The highest BCUT2D eigenvalue weighted by atomic mass is 19.4. The van der Waals surface area contributed by atoms with Crippen molar-refractivity contribution in [1.82, 2.24) is 0 Å². The summed E-state index contributed by atoms with van der Waals surface area (Å²) < 4.78 is 74.0. The van der Waals surface area contributed by atoms with Gasteiger partial charge in [-0.15, -0.1) is 0 Å². The molecule has 17 heavy (non-hydrogen) atoms. The molecule has 0 bridgehead atoms. The van der Waals surface area contributed by atoms with Crippen molar-refractivity contribution in [2.45, 2.75) is 12.4 Å². The number of hydrogen-bond acceptors (Lipinski definition) is 1. The van der Waals surface area contributed by atoms with Gasteiger partial charge >= 0.3 is 12.4 Å². The summed E-state index contributed by atoms with van der Waals surface area (Å²) in [5.41, 5.74) is 1.22. The second kappa shape index (κ2) is 3.94. The van der Waals surface area contributed by atoms with Crippen molar-refractivity contribution in [2.24, 2.45) is 5.73 Å². The maximum absolute atomic E-state index is 12.4. The molecule has 0 saturated carbocycles. The van der Waals surface area contributed by atoms with Crippen LogP contribution < -0.4 is 5.73 Å². The van der Waals surface area contributed by atoms with Crippen LogP contribution in [0.2, 0.25) is 0 Å². The van der Waals surface area contributed by atoms with Gasteiger partial charge in [0.05, 0.1) is 11.1 Å². The maximum atomic E-state index is 12.4. The van der Waals surface area contributed by atoms with E-state index < -0.39 is 34.9 Å². The van der Waals surface area contributed by atoms with E-state index in [0.29, 0.717) is 6.07 Å².